The smallest absolute Gasteiger partial charge is 0.242 e. The molecular formula is C18H23ClN4O4S2. The molecule has 11 heteroatoms. The van der Waals surface area contributed by atoms with E-state index < -0.39 is 10.0 Å². The molecule has 1 aliphatic heterocycles. The second-order valence-electron chi connectivity index (χ2n) is 6.61. The van der Waals surface area contributed by atoms with Crippen molar-refractivity contribution in [3.05, 3.63) is 28.9 Å². The van der Waals surface area contributed by atoms with Gasteiger partial charge in [0.25, 0.3) is 0 Å². The topological polar surface area (TPSA) is 101 Å². The Kier molecular flexibility index (Phi) is 7.25. The lowest BCUT2D eigenvalue weighted by molar-refractivity contribution is -0.114. The van der Waals surface area contributed by atoms with Crippen molar-refractivity contribution in [3.63, 3.8) is 0 Å². The van der Waals surface area contributed by atoms with E-state index in [0.29, 0.717) is 36.1 Å². The standard InChI is InChI=1S/C18H23ClN4O4S2/c1-12-17(28-18(21-12)22-13(2)24)14-3-4-15(19)16(11-14)29(25,26)20-5-6-23-7-9-27-10-8-23/h3-4,11,20H,5-10H2,1-2H3,(H,21,22,24). The molecule has 1 aliphatic rings. The van der Waals surface area contributed by atoms with Gasteiger partial charge >= 0.3 is 0 Å². The molecule has 1 aromatic heterocycles. The van der Waals surface area contributed by atoms with Crippen molar-refractivity contribution < 1.29 is 17.9 Å². The zero-order valence-corrected chi connectivity index (χ0v) is 18.6. The van der Waals surface area contributed by atoms with Crippen LogP contribution in [0.1, 0.15) is 12.6 Å². The molecule has 29 heavy (non-hydrogen) atoms. The van der Waals surface area contributed by atoms with Gasteiger partial charge in [-0.15, -0.1) is 0 Å². The number of morpholine rings is 1. The minimum atomic E-state index is -3.77. The van der Waals surface area contributed by atoms with Gasteiger partial charge < -0.3 is 10.1 Å². The van der Waals surface area contributed by atoms with Crippen LogP contribution in [0, 0.1) is 6.92 Å². The molecule has 2 N–H and O–H groups in total. The number of amides is 1. The number of sulfonamides is 1. The molecule has 3 rings (SSSR count). The van der Waals surface area contributed by atoms with E-state index in [4.69, 9.17) is 16.3 Å². The van der Waals surface area contributed by atoms with E-state index in [1.165, 1.54) is 24.3 Å². The fourth-order valence-corrected chi connectivity index (χ4v) is 5.51. The maximum absolute atomic E-state index is 12.8. The molecule has 0 bridgehead atoms. The molecular weight excluding hydrogens is 436 g/mol. The quantitative estimate of drug-likeness (QED) is 0.660. The van der Waals surface area contributed by atoms with Crippen LogP contribution < -0.4 is 10.0 Å². The second-order valence-corrected chi connectivity index (χ2v) is 9.75. The van der Waals surface area contributed by atoms with Gasteiger partial charge in [0.2, 0.25) is 15.9 Å². The Balaban J connectivity index is 1.77. The van der Waals surface area contributed by atoms with Gasteiger partial charge in [-0.05, 0) is 24.6 Å². The first-order valence-electron chi connectivity index (χ1n) is 9.11. The monoisotopic (exact) mass is 458 g/mol. The molecule has 1 aromatic carbocycles. The third-order valence-corrected chi connectivity index (χ3v) is 7.45. The minimum Gasteiger partial charge on any atom is -0.379 e. The van der Waals surface area contributed by atoms with Gasteiger partial charge in [-0.3, -0.25) is 9.69 Å². The van der Waals surface area contributed by atoms with Crippen LogP contribution in [0.15, 0.2) is 23.1 Å². The number of benzene rings is 1. The summed E-state index contributed by atoms with van der Waals surface area (Å²) >= 11 is 7.48. The number of anilines is 1. The Bertz CT molecular complexity index is 988. The van der Waals surface area contributed by atoms with Crippen molar-refractivity contribution in [1.29, 1.82) is 0 Å². The number of nitrogens with one attached hydrogen (secondary N) is 2. The normalized spacial score (nSPS) is 15.4. The number of ether oxygens (including phenoxy) is 1. The van der Waals surface area contributed by atoms with Crippen molar-refractivity contribution >= 4 is 44.0 Å². The first-order chi connectivity index (χ1) is 13.8. The van der Waals surface area contributed by atoms with Crippen molar-refractivity contribution in [3.8, 4) is 10.4 Å². The molecule has 0 unspecified atom stereocenters. The zero-order chi connectivity index (χ0) is 21.0. The van der Waals surface area contributed by atoms with Gasteiger partial charge in [0.1, 0.15) is 4.90 Å². The molecule has 2 aromatic rings. The Labute approximate surface area is 179 Å². The third-order valence-electron chi connectivity index (χ3n) is 4.39. The lowest BCUT2D eigenvalue weighted by Crippen LogP contribution is -2.41. The number of aromatic nitrogens is 1. The minimum absolute atomic E-state index is 0.0209. The summed E-state index contributed by atoms with van der Waals surface area (Å²) < 4.78 is 33.5. The Hall–Kier alpha value is -1.56. The Morgan fingerprint density at radius 3 is 2.76 bits per heavy atom. The number of aryl methyl sites for hydroxylation is 1. The van der Waals surface area contributed by atoms with Gasteiger partial charge in [-0.25, -0.2) is 18.1 Å². The van der Waals surface area contributed by atoms with E-state index in [9.17, 15) is 13.2 Å². The highest BCUT2D eigenvalue weighted by Crippen LogP contribution is 2.35. The second kappa shape index (κ2) is 9.50. The average molecular weight is 459 g/mol. The number of carbonyl (C=O) groups excluding carboxylic acids is 1. The van der Waals surface area contributed by atoms with E-state index in [0.717, 1.165) is 18.0 Å². The van der Waals surface area contributed by atoms with Crippen LogP contribution in [0.25, 0.3) is 10.4 Å². The molecule has 158 valence electrons. The van der Waals surface area contributed by atoms with Gasteiger partial charge in [-0.1, -0.05) is 29.0 Å². The summed E-state index contributed by atoms with van der Waals surface area (Å²) in [6.45, 7) is 7.01. The fourth-order valence-electron chi connectivity index (χ4n) is 2.96. The lowest BCUT2D eigenvalue weighted by atomic mass is 10.2. The summed E-state index contributed by atoms with van der Waals surface area (Å²) in [5, 5.41) is 3.26. The third kappa shape index (κ3) is 5.74. The van der Waals surface area contributed by atoms with Gasteiger partial charge in [0, 0.05) is 33.1 Å². The molecule has 0 saturated carbocycles. The van der Waals surface area contributed by atoms with E-state index in [1.807, 2.05) is 0 Å². The summed E-state index contributed by atoms with van der Waals surface area (Å²) in [6, 6.07) is 4.84. The predicted octanol–water partition coefficient (Wildman–Crippen LogP) is 2.34. The number of thiazole rings is 1. The summed E-state index contributed by atoms with van der Waals surface area (Å²) in [4.78, 5) is 18.5. The molecule has 8 nitrogen and oxygen atoms in total. The summed E-state index contributed by atoms with van der Waals surface area (Å²) in [7, 11) is -3.77. The molecule has 0 spiro atoms. The maximum Gasteiger partial charge on any atom is 0.242 e. The Morgan fingerprint density at radius 1 is 1.34 bits per heavy atom. The molecule has 1 amide bonds. The number of carbonyl (C=O) groups is 1. The van der Waals surface area contributed by atoms with Crippen molar-refractivity contribution in [1.82, 2.24) is 14.6 Å². The summed E-state index contributed by atoms with van der Waals surface area (Å²) in [5.74, 6) is -0.214. The van der Waals surface area contributed by atoms with Crippen LogP contribution >= 0.6 is 22.9 Å². The molecule has 1 fully saturated rings. The van der Waals surface area contributed by atoms with Gasteiger partial charge in [-0.2, -0.15) is 0 Å². The number of hydrogen-bond acceptors (Lipinski definition) is 7. The molecule has 2 heterocycles. The highest BCUT2D eigenvalue weighted by Gasteiger charge is 2.21. The van der Waals surface area contributed by atoms with E-state index in [-0.39, 0.29) is 22.4 Å². The van der Waals surface area contributed by atoms with Crippen molar-refractivity contribution in [2.45, 2.75) is 18.7 Å². The van der Waals surface area contributed by atoms with Crippen molar-refractivity contribution in [2.24, 2.45) is 0 Å². The van der Waals surface area contributed by atoms with Gasteiger partial charge in [0.05, 0.1) is 28.8 Å². The van der Waals surface area contributed by atoms with Crippen LogP contribution in [-0.2, 0) is 19.6 Å². The Morgan fingerprint density at radius 2 is 2.07 bits per heavy atom. The zero-order valence-electron chi connectivity index (χ0n) is 16.2. The van der Waals surface area contributed by atoms with E-state index >= 15 is 0 Å². The summed E-state index contributed by atoms with van der Waals surface area (Å²) in [5.41, 5.74) is 1.37. The number of nitrogens with zero attached hydrogens (tertiary/aromatic N) is 2. The number of halogens is 1. The van der Waals surface area contributed by atoms with Gasteiger partial charge in [0.15, 0.2) is 5.13 Å². The molecule has 1 saturated heterocycles. The molecule has 0 atom stereocenters. The molecule has 0 aliphatic carbocycles. The lowest BCUT2D eigenvalue weighted by Gasteiger charge is -2.26. The number of rotatable bonds is 7. The average Bonchev–Trinajstić information content (AvgIpc) is 3.02. The highest BCUT2D eigenvalue weighted by atomic mass is 35.5. The SMILES string of the molecule is CC(=O)Nc1nc(C)c(-c2ccc(Cl)c(S(=O)(=O)NCCN3CCOCC3)c2)s1. The van der Waals surface area contributed by atoms with E-state index in [2.05, 4.69) is 19.9 Å². The van der Waals surface area contributed by atoms with Crippen molar-refractivity contribution in [2.75, 3.05) is 44.7 Å². The van der Waals surface area contributed by atoms with Crippen LogP contribution in [0.4, 0.5) is 5.13 Å². The number of hydrogen-bond donors (Lipinski definition) is 2. The van der Waals surface area contributed by atoms with E-state index in [1.54, 1.807) is 19.1 Å². The molecule has 0 radical (unpaired) electrons. The van der Waals surface area contributed by atoms with Crippen LogP contribution in [0.5, 0.6) is 0 Å². The van der Waals surface area contributed by atoms with Crippen LogP contribution in [0.3, 0.4) is 0 Å². The van der Waals surface area contributed by atoms with Crippen LogP contribution in [-0.4, -0.2) is 63.6 Å². The highest BCUT2D eigenvalue weighted by molar-refractivity contribution is 7.89. The van der Waals surface area contributed by atoms with Crippen LogP contribution in [0.2, 0.25) is 5.02 Å². The fraction of sp³-hybridized carbons (Fsp3) is 0.444. The summed E-state index contributed by atoms with van der Waals surface area (Å²) in [6.07, 6.45) is 0. The predicted molar refractivity (Wildman–Crippen MR) is 114 cm³/mol. The largest absolute Gasteiger partial charge is 0.379 e. The first kappa shape index (κ1) is 22.1. The first-order valence-corrected chi connectivity index (χ1v) is 11.8. The maximum atomic E-state index is 12.8.